The number of non-ortho nitro benzene ring substituents is 1. The summed E-state index contributed by atoms with van der Waals surface area (Å²) >= 11 is 0. The smallest absolute Gasteiger partial charge is 0.326 e. The second-order valence-electron chi connectivity index (χ2n) is 8.05. The first-order valence-electron chi connectivity index (χ1n) is 11.4. The molecule has 11 nitrogen and oxygen atoms in total. The van der Waals surface area contributed by atoms with Gasteiger partial charge < -0.3 is 20.5 Å². The van der Waals surface area contributed by atoms with Gasteiger partial charge in [0, 0.05) is 30.9 Å². The molecule has 0 aliphatic heterocycles. The molecule has 0 unspecified atom stereocenters. The van der Waals surface area contributed by atoms with Gasteiger partial charge in [0.25, 0.3) is 5.69 Å². The van der Waals surface area contributed by atoms with Gasteiger partial charge in [0.15, 0.2) is 0 Å². The van der Waals surface area contributed by atoms with Crippen LogP contribution in [0.3, 0.4) is 0 Å². The molecule has 0 aromatic heterocycles. The molecule has 192 valence electrons. The summed E-state index contributed by atoms with van der Waals surface area (Å²) in [5, 5.41) is 25.9. The van der Waals surface area contributed by atoms with Gasteiger partial charge in [-0.3, -0.25) is 24.5 Å². The van der Waals surface area contributed by atoms with Crippen molar-refractivity contribution in [1.29, 1.82) is 0 Å². The van der Waals surface area contributed by atoms with Crippen LogP contribution in [-0.4, -0.2) is 46.4 Å². The van der Waals surface area contributed by atoms with E-state index in [4.69, 9.17) is 4.74 Å². The molecular weight excluding hydrogens is 470 g/mol. The molecule has 2 aromatic carbocycles. The molecule has 2 rings (SSSR count). The lowest BCUT2D eigenvalue weighted by atomic mass is 9.88. The van der Waals surface area contributed by atoms with Gasteiger partial charge in [0.2, 0.25) is 11.8 Å². The molecule has 2 aromatic rings. The zero-order valence-electron chi connectivity index (χ0n) is 20.0. The molecule has 3 N–H and O–H groups in total. The number of nitro groups is 1. The predicted octanol–water partition coefficient (Wildman–Crippen LogP) is 2.86. The monoisotopic (exact) mass is 499 g/mol. The van der Waals surface area contributed by atoms with Crippen molar-refractivity contribution in [2.75, 3.05) is 6.61 Å². The zero-order chi connectivity index (χ0) is 26.7. The summed E-state index contributed by atoms with van der Waals surface area (Å²) in [4.78, 5) is 59.4. The van der Waals surface area contributed by atoms with E-state index in [9.17, 15) is 34.4 Å². The molecule has 36 heavy (non-hydrogen) atoms. The van der Waals surface area contributed by atoms with E-state index in [0.29, 0.717) is 5.56 Å². The van der Waals surface area contributed by atoms with Crippen LogP contribution in [0.2, 0.25) is 0 Å². The Hall–Kier alpha value is -4.28. The van der Waals surface area contributed by atoms with Crippen LogP contribution in [0.25, 0.3) is 0 Å². The number of carbonyl (C=O) groups excluding carboxylic acids is 3. The molecule has 0 heterocycles. The van der Waals surface area contributed by atoms with Crippen LogP contribution in [0.1, 0.15) is 56.2 Å². The lowest BCUT2D eigenvalue weighted by Crippen LogP contribution is -2.46. The Morgan fingerprint density at radius 1 is 0.944 bits per heavy atom. The standard InChI is InChI=1S/C25H29N3O8/c1-3-36-23(31)15-20(18-9-11-19(12-10-18)28(34)35)24(25(32)33)27-22(30)14-13-21(29)26-16(2)17-7-5-4-6-8-17/h4-12,16,20,24H,3,13-15H2,1-2H3,(H,26,29)(H,27,30)(H,32,33)/t16-,20-,24+/m1/s1. The van der Waals surface area contributed by atoms with Gasteiger partial charge in [-0.15, -0.1) is 0 Å². The Morgan fingerprint density at radius 3 is 2.06 bits per heavy atom. The Balaban J connectivity index is 2.09. The highest BCUT2D eigenvalue weighted by molar-refractivity contribution is 5.88. The zero-order valence-corrected chi connectivity index (χ0v) is 20.0. The maximum absolute atomic E-state index is 12.5. The van der Waals surface area contributed by atoms with Gasteiger partial charge in [-0.1, -0.05) is 42.5 Å². The fourth-order valence-corrected chi connectivity index (χ4v) is 3.62. The van der Waals surface area contributed by atoms with Crippen molar-refractivity contribution in [2.24, 2.45) is 0 Å². The van der Waals surface area contributed by atoms with Gasteiger partial charge in [-0.2, -0.15) is 0 Å². The highest BCUT2D eigenvalue weighted by Crippen LogP contribution is 2.27. The van der Waals surface area contributed by atoms with Crippen molar-refractivity contribution in [3.05, 3.63) is 75.8 Å². The fourth-order valence-electron chi connectivity index (χ4n) is 3.62. The van der Waals surface area contributed by atoms with Gasteiger partial charge >= 0.3 is 11.9 Å². The molecule has 0 aliphatic rings. The minimum absolute atomic E-state index is 0.0758. The van der Waals surface area contributed by atoms with E-state index in [1.165, 1.54) is 24.3 Å². The van der Waals surface area contributed by atoms with Crippen LogP contribution < -0.4 is 10.6 Å². The van der Waals surface area contributed by atoms with Crippen LogP contribution in [0, 0.1) is 10.1 Å². The average Bonchev–Trinajstić information content (AvgIpc) is 2.85. The van der Waals surface area contributed by atoms with E-state index >= 15 is 0 Å². The molecule has 2 amide bonds. The second-order valence-corrected chi connectivity index (χ2v) is 8.05. The quantitative estimate of drug-likeness (QED) is 0.215. The summed E-state index contributed by atoms with van der Waals surface area (Å²) in [7, 11) is 0. The highest BCUT2D eigenvalue weighted by atomic mass is 16.6. The topological polar surface area (TPSA) is 165 Å². The Bertz CT molecular complexity index is 1070. The molecular formula is C25H29N3O8. The van der Waals surface area contributed by atoms with E-state index in [-0.39, 0.29) is 43.5 Å². The molecule has 0 saturated carbocycles. The molecule has 0 saturated heterocycles. The average molecular weight is 500 g/mol. The fraction of sp³-hybridized carbons (Fsp3) is 0.360. The Kier molecular flexibility index (Phi) is 10.5. The minimum atomic E-state index is -1.53. The first-order chi connectivity index (χ1) is 17.1. The van der Waals surface area contributed by atoms with Crippen molar-refractivity contribution in [3.8, 4) is 0 Å². The Labute approximate surface area is 208 Å². The van der Waals surface area contributed by atoms with Gasteiger partial charge in [0.05, 0.1) is 24.0 Å². The number of rotatable bonds is 13. The normalized spacial score (nSPS) is 13.1. The van der Waals surface area contributed by atoms with E-state index in [0.717, 1.165) is 5.56 Å². The largest absolute Gasteiger partial charge is 0.480 e. The van der Waals surface area contributed by atoms with Crippen molar-refractivity contribution in [1.82, 2.24) is 10.6 Å². The SMILES string of the molecule is CCOC(=O)C[C@H](c1ccc([N+](=O)[O-])cc1)[C@H](NC(=O)CCC(=O)N[C@H](C)c1ccccc1)C(=O)O. The second kappa shape index (κ2) is 13.6. The van der Waals surface area contributed by atoms with E-state index < -0.39 is 34.7 Å². The lowest BCUT2D eigenvalue weighted by molar-refractivity contribution is -0.384. The van der Waals surface area contributed by atoms with Crippen LogP contribution >= 0.6 is 0 Å². The summed E-state index contributed by atoms with van der Waals surface area (Å²) in [6, 6.07) is 12.5. The summed E-state index contributed by atoms with van der Waals surface area (Å²) < 4.78 is 4.94. The van der Waals surface area contributed by atoms with Crippen molar-refractivity contribution in [3.63, 3.8) is 0 Å². The number of hydrogen-bond acceptors (Lipinski definition) is 7. The molecule has 3 atom stereocenters. The number of nitrogens with zero attached hydrogens (tertiary/aromatic N) is 1. The van der Waals surface area contributed by atoms with E-state index in [2.05, 4.69) is 10.6 Å². The maximum atomic E-state index is 12.5. The summed E-state index contributed by atoms with van der Waals surface area (Å²) in [5.74, 6) is -4.22. The van der Waals surface area contributed by atoms with Gasteiger partial charge in [0.1, 0.15) is 6.04 Å². The van der Waals surface area contributed by atoms with Crippen LogP contribution in [0.4, 0.5) is 5.69 Å². The van der Waals surface area contributed by atoms with Crippen LogP contribution in [0.15, 0.2) is 54.6 Å². The predicted molar refractivity (Wildman–Crippen MR) is 129 cm³/mol. The molecule has 11 heteroatoms. The summed E-state index contributed by atoms with van der Waals surface area (Å²) in [5.41, 5.74) is 0.988. The summed E-state index contributed by atoms with van der Waals surface area (Å²) in [6.45, 7) is 3.48. The number of carbonyl (C=O) groups is 4. The number of nitro benzene ring substituents is 1. The summed E-state index contributed by atoms with van der Waals surface area (Å²) in [6.07, 6.45) is -0.823. The number of hydrogen-bond donors (Lipinski definition) is 3. The van der Waals surface area contributed by atoms with Crippen molar-refractivity contribution >= 4 is 29.4 Å². The number of esters is 1. The third-order valence-corrected chi connectivity index (χ3v) is 5.47. The maximum Gasteiger partial charge on any atom is 0.326 e. The first kappa shape index (κ1) is 28.0. The lowest BCUT2D eigenvalue weighted by Gasteiger charge is -2.25. The van der Waals surface area contributed by atoms with Crippen molar-refractivity contribution in [2.45, 2.75) is 51.1 Å². The Morgan fingerprint density at radius 2 is 1.53 bits per heavy atom. The number of carboxylic acid groups (broad SMARTS) is 1. The third kappa shape index (κ3) is 8.49. The number of aliphatic carboxylic acids is 1. The molecule has 0 spiro atoms. The van der Waals surface area contributed by atoms with Crippen LogP contribution in [-0.2, 0) is 23.9 Å². The highest BCUT2D eigenvalue weighted by Gasteiger charge is 2.33. The number of benzene rings is 2. The number of ether oxygens (including phenoxy) is 1. The van der Waals surface area contributed by atoms with Crippen molar-refractivity contribution < 1.29 is 33.9 Å². The minimum Gasteiger partial charge on any atom is -0.480 e. The molecule has 0 aliphatic carbocycles. The number of carboxylic acids is 1. The number of amides is 2. The van der Waals surface area contributed by atoms with Gasteiger partial charge in [-0.25, -0.2) is 4.79 Å². The van der Waals surface area contributed by atoms with E-state index in [1.54, 1.807) is 13.8 Å². The number of nitrogens with one attached hydrogen (secondary N) is 2. The third-order valence-electron chi connectivity index (χ3n) is 5.47. The van der Waals surface area contributed by atoms with Gasteiger partial charge in [-0.05, 0) is 25.0 Å². The van der Waals surface area contributed by atoms with Crippen LogP contribution in [0.5, 0.6) is 0 Å². The van der Waals surface area contributed by atoms with E-state index in [1.807, 2.05) is 30.3 Å². The first-order valence-corrected chi connectivity index (χ1v) is 11.4. The molecule has 0 radical (unpaired) electrons. The molecule has 0 fully saturated rings. The molecule has 0 bridgehead atoms.